The molecule has 0 aliphatic rings. The van der Waals surface area contributed by atoms with Crippen LogP contribution in [0.5, 0.6) is 0 Å². The summed E-state index contributed by atoms with van der Waals surface area (Å²) in [7, 11) is 0. The quantitative estimate of drug-likeness (QED) is 0.700. The van der Waals surface area contributed by atoms with Crippen LogP contribution in [-0.2, 0) is 11.3 Å². The highest BCUT2D eigenvalue weighted by atomic mass is 35.5. The van der Waals surface area contributed by atoms with Gasteiger partial charge in [-0.3, -0.25) is 9.59 Å². The fourth-order valence-electron chi connectivity index (χ4n) is 2.38. The van der Waals surface area contributed by atoms with Crippen molar-refractivity contribution in [3.8, 4) is 0 Å². The molecule has 6 heteroatoms. The number of ketones is 1. The van der Waals surface area contributed by atoms with E-state index in [0.29, 0.717) is 17.1 Å². The maximum Gasteiger partial charge on any atom is 0.220 e. The number of nitrogens with one attached hydrogen (secondary N) is 1. The van der Waals surface area contributed by atoms with Crippen LogP contribution in [0.4, 0.5) is 0 Å². The lowest BCUT2D eigenvalue weighted by Gasteiger charge is -2.03. The number of hydrogen-bond acceptors (Lipinski definition) is 3. The van der Waals surface area contributed by atoms with Crippen molar-refractivity contribution in [1.29, 1.82) is 0 Å². The largest absolute Gasteiger partial charge is 0.350 e. The Morgan fingerprint density at radius 3 is 2.62 bits per heavy atom. The highest BCUT2D eigenvalue weighted by Crippen LogP contribution is 2.11. The molecule has 122 valence electrons. The van der Waals surface area contributed by atoms with Crippen LogP contribution in [0.15, 0.2) is 54.9 Å². The number of benzene rings is 1. The first-order chi connectivity index (χ1) is 11.6. The number of carbonyl (C=O) groups is 2. The molecular weight excluding hydrogens is 326 g/mol. The zero-order valence-electron chi connectivity index (χ0n) is 12.9. The van der Waals surface area contributed by atoms with E-state index >= 15 is 0 Å². The summed E-state index contributed by atoms with van der Waals surface area (Å²) in [5.74, 6) is -0.206. The first-order valence-electron chi connectivity index (χ1n) is 7.60. The van der Waals surface area contributed by atoms with E-state index in [1.807, 2.05) is 34.9 Å². The summed E-state index contributed by atoms with van der Waals surface area (Å²) >= 11 is 5.93. The smallest absolute Gasteiger partial charge is 0.220 e. The molecule has 0 spiro atoms. The van der Waals surface area contributed by atoms with Crippen molar-refractivity contribution in [2.24, 2.45) is 0 Å². The van der Waals surface area contributed by atoms with E-state index in [0.717, 1.165) is 11.3 Å². The number of nitrogens with zero attached hydrogens (tertiary/aromatic N) is 2. The second kappa shape index (κ2) is 7.27. The Labute approximate surface area is 144 Å². The van der Waals surface area contributed by atoms with Gasteiger partial charge in [-0.15, -0.1) is 0 Å². The lowest BCUT2D eigenvalue weighted by molar-refractivity contribution is -0.121. The molecule has 3 aromatic rings. The standard InChI is InChI=1S/C18H16ClN3O2/c19-14-6-8-17-21-15(12-22(17)11-14)10-20-18(24)9-7-16(23)13-4-2-1-3-5-13/h1-6,8,11-12H,7,9-10H2,(H,20,24). The number of hydrogen-bond donors (Lipinski definition) is 1. The Kier molecular flexibility index (Phi) is 4.91. The molecule has 0 saturated carbocycles. The molecule has 0 aliphatic heterocycles. The van der Waals surface area contributed by atoms with Crippen molar-refractivity contribution in [1.82, 2.24) is 14.7 Å². The van der Waals surface area contributed by atoms with Crippen LogP contribution >= 0.6 is 11.6 Å². The predicted octanol–water partition coefficient (Wildman–Crippen LogP) is 3.27. The average molecular weight is 342 g/mol. The van der Waals surface area contributed by atoms with Crippen molar-refractivity contribution in [3.63, 3.8) is 0 Å². The minimum absolute atomic E-state index is 0.0341. The van der Waals surface area contributed by atoms with E-state index in [1.54, 1.807) is 24.4 Å². The van der Waals surface area contributed by atoms with Crippen molar-refractivity contribution in [3.05, 3.63) is 71.1 Å². The molecule has 1 aromatic carbocycles. The maximum absolute atomic E-state index is 12.0. The summed E-state index contributed by atoms with van der Waals surface area (Å²) in [6.07, 6.45) is 3.92. The fraction of sp³-hybridized carbons (Fsp3) is 0.167. The van der Waals surface area contributed by atoms with Gasteiger partial charge >= 0.3 is 0 Å². The SMILES string of the molecule is O=C(CCC(=O)c1ccccc1)NCc1cn2cc(Cl)ccc2n1. The monoisotopic (exact) mass is 341 g/mol. The van der Waals surface area contributed by atoms with E-state index in [4.69, 9.17) is 11.6 Å². The summed E-state index contributed by atoms with van der Waals surface area (Å²) < 4.78 is 1.81. The third kappa shape index (κ3) is 4.00. The molecule has 2 aromatic heterocycles. The van der Waals surface area contributed by atoms with E-state index in [2.05, 4.69) is 10.3 Å². The molecule has 24 heavy (non-hydrogen) atoms. The Balaban J connectivity index is 1.50. The van der Waals surface area contributed by atoms with Crippen molar-refractivity contribution >= 4 is 28.9 Å². The van der Waals surface area contributed by atoms with Gasteiger partial charge in [0, 0.05) is 30.8 Å². The molecule has 0 atom stereocenters. The zero-order valence-corrected chi connectivity index (χ0v) is 13.7. The van der Waals surface area contributed by atoms with Gasteiger partial charge in [0.1, 0.15) is 5.65 Å². The van der Waals surface area contributed by atoms with Crippen LogP contribution in [-0.4, -0.2) is 21.1 Å². The van der Waals surface area contributed by atoms with Crippen molar-refractivity contribution in [2.45, 2.75) is 19.4 Å². The summed E-state index contributed by atoms with van der Waals surface area (Å²) in [6.45, 7) is 0.317. The Morgan fingerprint density at radius 1 is 1.04 bits per heavy atom. The molecule has 5 nitrogen and oxygen atoms in total. The van der Waals surface area contributed by atoms with Crippen LogP contribution in [0, 0.1) is 0 Å². The minimum Gasteiger partial charge on any atom is -0.350 e. The van der Waals surface area contributed by atoms with Gasteiger partial charge in [-0.2, -0.15) is 0 Å². The van der Waals surface area contributed by atoms with Gasteiger partial charge < -0.3 is 9.72 Å². The summed E-state index contributed by atoms with van der Waals surface area (Å²) in [6, 6.07) is 12.6. The highest BCUT2D eigenvalue weighted by Gasteiger charge is 2.09. The molecule has 0 radical (unpaired) electrons. The van der Waals surface area contributed by atoms with Gasteiger partial charge in [0.15, 0.2) is 5.78 Å². The molecule has 1 amide bonds. The average Bonchev–Trinajstić information content (AvgIpc) is 3.00. The number of carbonyl (C=O) groups excluding carboxylic acids is 2. The fourth-order valence-corrected chi connectivity index (χ4v) is 2.54. The van der Waals surface area contributed by atoms with Gasteiger partial charge in [0.05, 0.1) is 17.3 Å². The summed E-state index contributed by atoms with van der Waals surface area (Å²) in [5.41, 5.74) is 2.13. The van der Waals surface area contributed by atoms with Crippen molar-refractivity contribution < 1.29 is 9.59 Å². The number of rotatable bonds is 6. The number of fused-ring (bicyclic) bond motifs is 1. The predicted molar refractivity (Wildman–Crippen MR) is 92.1 cm³/mol. The van der Waals surface area contributed by atoms with Crippen LogP contribution in [0.2, 0.25) is 5.02 Å². The van der Waals surface area contributed by atoms with Gasteiger partial charge in [0.25, 0.3) is 0 Å². The second-order valence-electron chi connectivity index (χ2n) is 5.41. The molecule has 0 aliphatic carbocycles. The number of pyridine rings is 1. The third-order valence-electron chi connectivity index (χ3n) is 3.61. The number of aromatic nitrogens is 2. The van der Waals surface area contributed by atoms with E-state index < -0.39 is 0 Å². The minimum atomic E-state index is -0.172. The molecule has 0 bridgehead atoms. The van der Waals surface area contributed by atoms with E-state index in [-0.39, 0.29) is 24.5 Å². The molecule has 1 N–H and O–H groups in total. The molecular formula is C18H16ClN3O2. The molecule has 2 heterocycles. The number of imidazole rings is 1. The Hall–Kier alpha value is -2.66. The van der Waals surface area contributed by atoms with Crippen LogP contribution in [0.25, 0.3) is 5.65 Å². The number of amides is 1. The third-order valence-corrected chi connectivity index (χ3v) is 3.83. The molecule has 0 saturated heterocycles. The maximum atomic E-state index is 12.0. The van der Waals surface area contributed by atoms with Gasteiger partial charge in [0.2, 0.25) is 5.91 Å². The number of Topliss-reactive ketones (excluding diaryl/α,β-unsaturated/α-hetero) is 1. The number of halogens is 1. The van der Waals surface area contributed by atoms with Gasteiger partial charge in [-0.1, -0.05) is 41.9 Å². The molecule has 3 rings (SSSR count). The Morgan fingerprint density at radius 2 is 1.83 bits per heavy atom. The van der Waals surface area contributed by atoms with Crippen molar-refractivity contribution in [2.75, 3.05) is 0 Å². The summed E-state index contributed by atoms with van der Waals surface area (Å²) in [4.78, 5) is 28.3. The first kappa shape index (κ1) is 16.2. The van der Waals surface area contributed by atoms with E-state index in [9.17, 15) is 9.59 Å². The highest BCUT2D eigenvalue weighted by molar-refractivity contribution is 6.30. The summed E-state index contributed by atoms with van der Waals surface area (Å²) in [5, 5.41) is 3.40. The lowest BCUT2D eigenvalue weighted by atomic mass is 10.1. The molecule has 0 unspecified atom stereocenters. The Bertz CT molecular complexity index is 874. The van der Waals surface area contributed by atoms with Gasteiger partial charge in [-0.05, 0) is 12.1 Å². The molecule has 0 fully saturated rings. The topological polar surface area (TPSA) is 63.5 Å². The first-order valence-corrected chi connectivity index (χ1v) is 7.98. The van der Waals surface area contributed by atoms with Crippen LogP contribution in [0.1, 0.15) is 28.9 Å². The van der Waals surface area contributed by atoms with Gasteiger partial charge in [-0.25, -0.2) is 4.98 Å². The second-order valence-corrected chi connectivity index (χ2v) is 5.85. The lowest BCUT2D eigenvalue weighted by Crippen LogP contribution is -2.23. The van der Waals surface area contributed by atoms with Crippen LogP contribution < -0.4 is 5.32 Å². The normalized spacial score (nSPS) is 10.7. The van der Waals surface area contributed by atoms with Crippen LogP contribution in [0.3, 0.4) is 0 Å². The zero-order chi connectivity index (χ0) is 16.9. The van der Waals surface area contributed by atoms with E-state index in [1.165, 1.54) is 0 Å².